The lowest BCUT2D eigenvalue weighted by Crippen LogP contribution is -2.18. The minimum atomic E-state index is 0.500. The predicted octanol–water partition coefficient (Wildman–Crippen LogP) is 4.66. The highest BCUT2D eigenvalue weighted by Crippen LogP contribution is 2.32. The number of nitrogens with one attached hydrogen (secondary N) is 1. The summed E-state index contributed by atoms with van der Waals surface area (Å²) in [4.78, 5) is 6.99. The highest BCUT2D eigenvalue weighted by atomic mass is 15.5. The molecule has 0 aliphatic carbocycles. The van der Waals surface area contributed by atoms with E-state index in [-0.39, 0.29) is 0 Å². The van der Waals surface area contributed by atoms with E-state index in [1.807, 2.05) is 7.05 Å². The Kier molecular flexibility index (Phi) is 4.77. The maximum atomic E-state index is 4.89. The molecule has 2 aromatic heterocycles. The van der Waals surface area contributed by atoms with Crippen LogP contribution in [0.3, 0.4) is 0 Å². The Morgan fingerprint density at radius 3 is 2.57 bits per heavy atom. The number of H-pyrrole nitrogens is 1. The molecule has 0 spiro atoms. The lowest BCUT2D eigenvalue weighted by atomic mass is 9.96. The van der Waals surface area contributed by atoms with Crippen LogP contribution in [0.15, 0.2) is 48.5 Å². The zero-order chi connectivity index (χ0) is 19.7. The number of anilines is 1. The van der Waals surface area contributed by atoms with Crippen LogP contribution >= 0.6 is 0 Å². The second-order valence-electron chi connectivity index (χ2n) is 7.31. The summed E-state index contributed by atoms with van der Waals surface area (Å²) in [7, 11) is 2.02. The van der Waals surface area contributed by atoms with E-state index < -0.39 is 0 Å². The third kappa shape index (κ3) is 3.33. The predicted molar refractivity (Wildman–Crippen MR) is 113 cm³/mol. The summed E-state index contributed by atoms with van der Waals surface area (Å²) in [5.74, 6) is 1.99. The van der Waals surface area contributed by atoms with Crippen LogP contribution in [0.4, 0.5) is 5.82 Å². The van der Waals surface area contributed by atoms with Crippen molar-refractivity contribution in [2.75, 3.05) is 18.5 Å². The van der Waals surface area contributed by atoms with Gasteiger partial charge in [0.15, 0.2) is 5.82 Å². The molecule has 142 valence electrons. The first kappa shape index (κ1) is 18.1. The molecule has 2 heterocycles. The van der Waals surface area contributed by atoms with Gasteiger partial charge in [-0.3, -0.25) is 0 Å². The third-order valence-electron chi connectivity index (χ3n) is 5.12. The van der Waals surface area contributed by atoms with Gasteiger partial charge in [-0.15, -0.1) is 5.10 Å². The summed E-state index contributed by atoms with van der Waals surface area (Å²) in [6.07, 6.45) is 0. The van der Waals surface area contributed by atoms with E-state index in [2.05, 4.69) is 94.8 Å². The summed E-state index contributed by atoms with van der Waals surface area (Å²) in [6, 6.07) is 17.2. The number of rotatable bonds is 5. The van der Waals surface area contributed by atoms with E-state index in [1.165, 1.54) is 16.7 Å². The van der Waals surface area contributed by atoms with E-state index >= 15 is 0 Å². The Morgan fingerprint density at radius 1 is 1.04 bits per heavy atom. The molecule has 0 amide bonds. The standard InChI is InChI=1S/C22H24N6/c1-5-28(4)22-19(21-24-26-27-25-21)13-18-12-17(9-10-20(18)23-22)16-8-6-7-15(11-16)14(2)3/h6-14H,5H2,1-4H3,(H,24,25,26,27). The van der Waals surface area contributed by atoms with Crippen LogP contribution in [0, 0.1) is 0 Å². The number of fused-ring (bicyclic) bond motifs is 1. The summed E-state index contributed by atoms with van der Waals surface area (Å²) >= 11 is 0. The van der Waals surface area contributed by atoms with Crippen molar-refractivity contribution in [1.29, 1.82) is 0 Å². The summed E-state index contributed by atoms with van der Waals surface area (Å²) in [6.45, 7) is 7.37. The molecule has 6 heteroatoms. The molecule has 0 aliphatic heterocycles. The molecule has 28 heavy (non-hydrogen) atoms. The smallest absolute Gasteiger partial charge is 0.183 e. The zero-order valence-electron chi connectivity index (χ0n) is 16.6. The van der Waals surface area contributed by atoms with Gasteiger partial charge in [-0.2, -0.15) is 0 Å². The molecule has 0 saturated carbocycles. The molecule has 0 saturated heterocycles. The van der Waals surface area contributed by atoms with Crippen molar-refractivity contribution in [1.82, 2.24) is 25.6 Å². The molecule has 0 radical (unpaired) electrons. The fraction of sp³-hybridized carbons (Fsp3) is 0.273. The number of benzene rings is 2. The first-order valence-electron chi connectivity index (χ1n) is 9.57. The number of pyridine rings is 1. The van der Waals surface area contributed by atoms with Crippen molar-refractivity contribution in [2.24, 2.45) is 0 Å². The molecule has 0 fully saturated rings. The summed E-state index contributed by atoms with van der Waals surface area (Å²) < 4.78 is 0. The van der Waals surface area contributed by atoms with Crippen LogP contribution < -0.4 is 4.90 Å². The van der Waals surface area contributed by atoms with E-state index in [0.717, 1.165) is 28.8 Å². The number of aromatic nitrogens is 5. The van der Waals surface area contributed by atoms with Gasteiger partial charge < -0.3 is 4.90 Å². The third-order valence-corrected chi connectivity index (χ3v) is 5.12. The lowest BCUT2D eigenvalue weighted by Gasteiger charge is -2.19. The van der Waals surface area contributed by atoms with Crippen LogP contribution in [0.25, 0.3) is 33.4 Å². The van der Waals surface area contributed by atoms with Crippen molar-refractivity contribution < 1.29 is 0 Å². The van der Waals surface area contributed by atoms with E-state index in [0.29, 0.717) is 11.7 Å². The molecule has 0 unspecified atom stereocenters. The highest BCUT2D eigenvalue weighted by molar-refractivity contribution is 5.91. The van der Waals surface area contributed by atoms with Crippen molar-refractivity contribution >= 4 is 16.7 Å². The van der Waals surface area contributed by atoms with Crippen LogP contribution in [0.5, 0.6) is 0 Å². The quantitative estimate of drug-likeness (QED) is 0.552. The molecular formula is C22H24N6. The number of hydrogen-bond donors (Lipinski definition) is 1. The average Bonchev–Trinajstić information content (AvgIpc) is 3.26. The lowest BCUT2D eigenvalue weighted by molar-refractivity contribution is 0.867. The summed E-state index contributed by atoms with van der Waals surface area (Å²) in [5, 5.41) is 15.5. The van der Waals surface area contributed by atoms with E-state index in [9.17, 15) is 0 Å². The fourth-order valence-corrected chi connectivity index (χ4v) is 3.31. The topological polar surface area (TPSA) is 70.6 Å². The van der Waals surface area contributed by atoms with Crippen molar-refractivity contribution in [3.05, 3.63) is 54.1 Å². The van der Waals surface area contributed by atoms with Crippen molar-refractivity contribution in [3.8, 4) is 22.5 Å². The number of hydrogen-bond acceptors (Lipinski definition) is 5. The monoisotopic (exact) mass is 372 g/mol. The Bertz CT molecular complexity index is 1100. The second kappa shape index (κ2) is 7.38. The largest absolute Gasteiger partial charge is 0.359 e. The molecule has 0 bridgehead atoms. The van der Waals surface area contributed by atoms with E-state index in [1.54, 1.807) is 0 Å². The Morgan fingerprint density at radius 2 is 1.86 bits per heavy atom. The Hall–Kier alpha value is -3.28. The average molecular weight is 372 g/mol. The second-order valence-corrected chi connectivity index (χ2v) is 7.31. The molecule has 4 rings (SSSR count). The zero-order valence-corrected chi connectivity index (χ0v) is 16.6. The van der Waals surface area contributed by atoms with Crippen LogP contribution in [-0.4, -0.2) is 39.2 Å². The van der Waals surface area contributed by atoms with Crippen molar-refractivity contribution in [2.45, 2.75) is 26.7 Å². The maximum absolute atomic E-state index is 4.89. The first-order valence-corrected chi connectivity index (χ1v) is 9.57. The van der Waals surface area contributed by atoms with Gasteiger partial charge in [0.1, 0.15) is 5.82 Å². The van der Waals surface area contributed by atoms with Gasteiger partial charge in [-0.1, -0.05) is 44.2 Å². The molecule has 6 nitrogen and oxygen atoms in total. The number of nitrogens with zero attached hydrogens (tertiary/aromatic N) is 5. The fourth-order valence-electron chi connectivity index (χ4n) is 3.31. The maximum Gasteiger partial charge on any atom is 0.183 e. The van der Waals surface area contributed by atoms with Gasteiger partial charge in [-0.25, -0.2) is 10.1 Å². The van der Waals surface area contributed by atoms with Crippen LogP contribution in [0.1, 0.15) is 32.3 Å². The van der Waals surface area contributed by atoms with Crippen LogP contribution in [-0.2, 0) is 0 Å². The molecule has 0 atom stereocenters. The van der Waals surface area contributed by atoms with Gasteiger partial charge in [0, 0.05) is 19.0 Å². The first-order chi connectivity index (χ1) is 13.6. The SMILES string of the molecule is CCN(C)c1nc2ccc(-c3cccc(C(C)C)c3)cc2cc1-c1nnn[nH]1. The van der Waals surface area contributed by atoms with Crippen molar-refractivity contribution in [3.63, 3.8) is 0 Å². The van der Waals surface area contributed by atoms with Crippen LogP contribution in [0.2, 0.25) is 0 Å². The highest BCUT2D eigenvalue weighted by Gasteiger charge is 2.15. The number of aromatic amines is 1. The van der Waals surface area contributed by atoms with Gasteiger partial charge in [-0.05, 0) is 58.2 Å². The summed E-state index contributed by atoms with van der Waals surface area (Å²) in [5.41, 5.74) is 5.58. The molecule has 2 aromatic carbocycles. The number of tetrazole rings is 1. The molecule has 0 aliphatic rings. The Labute approximate surface area is 164 Å². The minimum Gasteiger partial charge on any atom is -0.359 e. The van der Waals surface area contributed by atoms with Gasteiger partial charge in [0.25, 0.3) is 0 Å². The normalized spacial score (nSPS) is 11.3. The Balaban J connectivity index is 1.87. The molecule has 1 N–H and O–H groups in total. The molecule has 4 aromatic rings. The molecular weight excluding hydrogens is 348 g/mol. The van der Waals surface area contributed by atoms with Gasteiger partial charge in [0.2, 0.25) is 0 Å². The minimum absolute atomic E-state index is 0.500. The van der Waals surface area contributed by atoms with E-state index in [4.69, 9.17) is 4.98 Å². The van der Waals surface area contributed by atoms with Gasteiger partial charge in [0.05, 0.1) is 11.1 Å². The van der Waals surface area contributed by atoms with Gasteiger partial charge >= 0.3 is 0 Å².